The van der Waals surface area contributed by atoms with Gasteiger partial charge in [0.05, 0.1) is 24.5 Å². The van der Waals surface area contributed by atoms with Gasteiger partial charge in [0.25, 0.3) is 5.91 Å². The molecular formula is C30H31Cl2FN2O4S. The maximum absolute atomic E-state index is 14.9. The van der Waals surface area contributed by atoms with Crippen LogP contribution in [0.4, 0.5) is 4.39 Å². The molecule has 0 aromatic heterocycles. The molecule has 1 saturated heterocycles. The summed E-state index contributed by atoms with van der Waals surface area (Å²) in [7, 11) is -3.81. The lowest BCUT2D eigenvalue weighted by Crippen LogP contribution is -2.38. The second-order valence-electron chi connectivity index (χ2n) is 10.7. The zero-order valence-corrected chi connectivity index (χ0v) is 24.4. The zero-order valence-electron chi connectivity index (χ0n) is 22.1. The second kappa shape index (κ2) is 12.1. The van der Waals surface area contributed by atoms with Crippen molar-refractivity contribution in [2.24, 2.45) is 5.92 Å². The van der Waals surface area contributed by atoms with Gasteiger partial charge in [-0.3, -0.25) is 9.69 Å². The van der Waals surface area contributed by atoms with E-state index in [1.165, 1.54) is 17.7 Å². The number of sulfonamides is 1. The van der Waals surface area contributed by atoms with E-state index in [0.29, 0.717) is 22.4 Å². The number of rotatable bonds is 9. The van der Waals surface area contributed by atoms with Crippen LogP contribution >= 0.6 is 23.2 Å². The molecule has 3 aromatic rings. The number of likely N-dealkylation sites (tertiary alicyclic amines) is 1. The van der Waals surface area contributed by atoms with Crippen molar-refractivity contribution in [1.29, 1.82) is 0 Å². The minimum absolute atomic E-state index is 0.0143. The van der Waals surface area contributed by atoms with Crippen LogP contribution in [0.2, 0.25) is 10.0 Å². The Morgan fingerprint density at radius 2 is 1.65 bits per heavy atom. The Bertz CT molecular complexity index is 1470. The number of ether oxygens (including phenoxy) is 1. The molecule has 1 unspecified atom stereocenters. The maximum Gasteiger partial charge on any atom is 0.267 e. The molecule has 10 heteroatoms. The Hall–Kier alpha value is -2.65. The number of carbonyl (C=O) groups is 1. The summed E-state index contributed by atoms with van der Waals surface area (Å²) in [6.07, 6.45) is 4.49. The highest BCUT2D eigenvalue weighted by Crippen LogP contribution is 2.45. The van der Waals surface area contributed by atoms with E-state index in [0.717, 1.165) is 56.2 Å². The predicted octanol–water partition coefficient (Wildman–Crippen LogP) is 6.58. The number of hydrogen-bond acceptors (Lipinski definition) is 5. The van der Waals surface area contributed by atoms with Crippen LogP contribution in [0.1, 0.15) is 64.7 Å². The molecule has 6 nitrogen and oxygen atoms in total. The first-order valence-corrected chi connectivity index (χ1v) is 16.0. The van der Waals surface area contributed by atoms with Crippen molar-refractivity contribution in [3.63, 3.8) is 0 Å². The average Bonchev–Trinajstić information content (AvgIpc) is 3.73. The van der Waals surface area contributed by atoms with Crippen LogP contribution in [-0.2, 0) is 10.0 Å². The highest BCUT2D eigenvalue weighted by molar-refractivity contribution is 7.89. The van der Waals surface area contributed by atoms with Crippen LogP contribution in [0.3, 0.4) is 0 Å². The van der Waals surface area contributed by atoms with Gasteiger partial charge in [-0.05, 0) is 91.6 Å². The van der Waals surface area contributed by atoms with Crippen molar-refractivity contribution >= 4 is 39.1 Å². The second-order valence-corrected chi connectivity index (χ2v) is 13.3. The molecule has 212 valence electrons. The molecule has 1 N–H and O–H groups in total. The number of nitrogens with zero attached hydrogens (tertiary/aromatic N) is 1. The first kappa shape index (κ1) is 28.9. The van der Waals surface area contributed by atoms with Crippen LogP contribution in [0.5, 0.6) is 5.75 Å². The molecule has 3 aromatic carbocycles. The van der Waals surface area contributed by atoms with Crippen LogP contribution in [-0.4, -0.2) is 45.2 Å². The fraction of sp³-hybridized carbons (Fsp3) is 0.367. The third-order valence-electron chi connectivity index (χ3n) is 7.44. The van der Waals surface area contributed by atoms with Gasteiger partial charge in [0.1, 0.15) is 11.6 Å². The Morgan fingerprint density at radius 3 is 2.25 bits per heavy atom. The molecular weight excluding hydrogens is 574 g/mol. The fourth-order valence-electron chi connectivity index (χ4n) is 5.38. The van der Waals surface area contributed by atoms with E-state index in [1.807, 2.05) is 35.1 Å². The average molecular weight is 606 g/mol. The molecule has 1 amide bonds. The third-order valence-corrected chi connectivity index (χ3v) is 8.44. The minimum atomic E-state index is -3.81. The molecule has 2 fully saturated rings. The van der Waals surface area contributed by atoms with Crippen LogP contribution in [0.25, 0.3) is 0 Å². The smallest absolute Gasteiger partial charge is 0.267 e. The zero-order chi connectivity index (χ0) is 28.4. The van der Waals surface area contributed by atoms with E-state index < -0.39 is 21.7 Å². The summed E-state index contributed by atoms with van der Waals surface area (Å²) in [5.41, 5.74) is 2.67. The first-order valence-electron chi connectivity index (χ1n) is 13.3. The van der Waals surface area contributed by atoms with Crippen molar-refractivity contribution in [3.05, 3.63) is 98.8 Å². The van der Waals surface area contributed by atoms with E-state index >= 15 is 0 Å². The van der Waals surface area contributed by atoms with E-state index in [4.69, 9.17) is 27.9 Å². The molecule has 0 spiro atoms. The summed E-state index contributed by atoms with van der Waals surface area (Å²) >= 11 is 12.7. The number of halogens is 3. The normalized spacial score (nSPS) is 17.4. The molecule has 1 saturated carbocycles. The standard InChI is InChI=1S/C30H31Cl2FN2O4S/c1-40(37,38)34-30(36)26-16-25(20-7-8-20)28(17-27(26)33)39-18-19-9-11-35(12-10-19)29(21-5-3-2-4-6-21)22-13-23(31)15-24(32)14-22/h2-6,13-17,19-20,29H,7-12,18H2,1H3,(H,34,36). The number of hydrogen-bond donors (Lipinski definition) is 1. The molecule has 1 atom stereocenters. The van der Waals surface area contributed by atoms with Gasteiger partial charge in [-0.1, -0.05) is 53.5 Å². The molecule has 1 aliphatic carbocycles. The summed E-state index contributed by atoms with van der Waals surface area (Å²) in [5, 5.41) is 1.20. The van der Waals surface area contributed by atoms with Crippen molar-refractivity contribution in [3.8, 4) is 5.75 Å². The van der Waals surface area contributed by atoms with Gasteiger partial charge in [0, 0.05) is 16.1 Å². The Kier molecular flexibility index (Phi) is 8.71. The van der Waals surface area contributed by atoms with Gasteiger partial charge in [-0.2, -0.15) is 0 Å². The van der Waals surface area contributed by atoms with E-state index in [9.17, 15) is 17.6 Å². The van der Waals surface area contributed by atoms with Gasteiger partial charge in [0.2, 0.25) is 10.0 Å². The largest absolute Gasteiger partial charge is 0.493 e. The lowest BCUT2D eigenvalue weighted by molar-refractivity contribution is 0.0977. The monoisotopic (exact) mass is 604 g/mol. The Labute approximate surface area is 244 Å². The predicted molar refractivity (Wildman–Crippen MR) is 155 cm³/mol. The van der Waals surface area contributed by atoms with Crippen LogP contribution in [0.15, 0.2) is 60.7 Å². The topological polar surface area (TPSA) is 75.7 Å². The van der Waals surface area contributed by atoms with Gasteiger partial charge < -0.3 is 4.74 Å². The van der Waals surface area contributed by atoms with E-state index in [2.05, 4.69) is 17.0 Å². The highest BCUT2D eigenvalue weighted by atomic mass is 35.5. The first-order chi connectivity index (χ1) is 19.1. The molecule has 1 heterocycles. The molecule has 0 radical (unpaired) electrons. The van der Waals surface area contributed by atoms with Crippen LogP contribution in [0, 0.1) is 11.7 Å². The van der Waals surface area contributed by atoms with Crippen molar-refractivity contribution < 1.29 is 22.3 Å². The maximum atomic E-state index is 14.9. The van der Waals surface area contributed by atoms with Gasteiger partial charge in [-0.15, -0.1) is 0 Å². The number of nitrogens with one attached hydrogen (secondary N) is 1. The summed E-state index contributed by atoms with van der Waals surface area (Å²) in [5.74, 6) is -0.901. The number of amides is 1. The molecule has 40 heavy (non-hydrogen) atoms. The molecule has 5 rings (SSSR count). The summed E-state index contributed by atoms with van der Waals surface area (Å²) in [6, 6.07) is 18.6. The molecule has 0 bridgehead atoms. The van der Waals surface area contributed by atoms with E-state index in [-0.39, 0.29) is 23.4 Å². The number of benzene rings is 3. The van der Waals surface area contributed by atoms with Crippen molar-refractivity contribution in [2.75, 3.05) is 26.0 Å². The number of carbonyl (C=O) groups excluding carboxylic acids is 1. The SMILES string of the molecule is CS(=O)(=O)NC(=O)c1cc(C2CC2)c(OCC2CCN(C(c3ccccc3)c3cc(Cl)cc(Cl)c3)CC2)cc1F. The Morgan fingerprint density at radius 1 is 1.00 bits per heavy atom. The summed E-state index contributed by atoms with van der Waals surface area (Å²) in [4.78, 5) is 14.8. The summed E-state index contributed by atoms with van der Waals surface area (Å²) in [6.45, 7) is 2.11. The quantitative estimate of drug-likeness (QED) is 0.298. The van der Waals surface area contributed by atoms with Gasteiger partial charge in [0.15, 0.2) is 0 Å². The lowest BCUT2D eigenvalue weighted by Gasteiger charge is -2.38. The third kappa shape index (κ3) is 7.16. The van der Waals surface area contributed by atoms with E-state index in [1.54, 1.807) is 6.07 Å². The van der Waals surface area contributed by atoms with Crippen molar-refractivity contribution in [2.45, 2.75) is 37.6 Å². The Balaban J connectivity index is 1.27. The van der Waals surface area contributed by atoms with Crippen molar-refractivity contribution in [1.82, 2.24) is 9.62 Å². The van der Waals surface area contributed by atoms with Crippen LogP contribution < -0.4 is 9.46 Å². The summed E-state index contributed by atoms with van der Waals surface area (Å²) < 4.78 is 45.8. The fourth-order valence-corrected chi connectivity index (χ4v) is 6.37. The minimum Gasteiger partial charge on any atom is -0.493 e. The van der Waals surface area contributed by atoms with Gasteiger partial charge in [-0.25, -0.2) is 17.5 Å². The highest BCUT2D eigenvalue weighted by Gasteiger charge is 2.31. The number of piperidine rings is 1. The molecule has 1 aliphatic heterocycles. The molecule has 2 aliphatic rings. The lowest BCUT2D eigenvalue weighted by atomic mass is 9.91. The van der Waals surface area contributed by atoms with Gasteiger partial charge >= 0.3 is 0 Å².